The molecule has 0 aromatic heterocycles. The average molecular weight is 419 g/mol. The molecule has 1 spiro atoms. The van der Waals surface area contributed by atoms with Crippen molar-refractivity contribution in [3.05, 3.63) is 30.1 Å². The van der Waals surface area contributed by atoms with Gasteiger partial charge >= 0.3 is 0 Å². The Hall–Kier alpha value is -2.15. The second-order valence-corrected chi connectivity index (χ2v) is 8.89. The Balaban J connectivity index is 1.40. The van der Waals surface area contributed by atoms with E-state index in [1.807, 2.05) is 0 Å². The van der Waals surface area contributed by atoms with Gasteiger partial charge in [0.05, 0.1) is 5.92 Å². The SMILES string of the molecule is O=C(NC1CCCCC1)C1CN(C(=O)COc2ccc(F)cc2)CC12CCOCC2. The first-order chi connectivity index (χ1) is 14.6. The van der Waals surface area contributed by atoms with E-state index in [4.69, 9.17) is 9.47 Å². The van der Waals surface area contributed by atoms with Crippen molar-refractivity contribution in [2.75, 3.05) is 32.9 Å². The number of ether oxygens (including phenoxy) is 2. The van der Waals surface area contributed by atoms with E-state index < -0.39 is 0 Å². The molecular formula is C23H31FN2O4. The summed E-state index contributed by atoms with van der Waals surface area (Å²) in [7, 11) is 0. The maximum Gasteiger partial charge on any atom is 0.260 e. The smallest absolute Gasteiger partial charge is 0.260 e. The van der Waals surface area contributed by atoms with Crippen LogP contribution >= 0.6 is 0 Å². The Kier molecular flexibility index (Phi) is 6.56. The van der Waals surface area contributed by atoms with Gasteiger partial charge in [0.15, 0.2) is 6.61 Å². The lowest BCUT2D eigenvalue weighted by molar-refractivity contribution is -0.133. The molecule has 2 amide bonds. The van der Waals surface area contributed by atoms with E-state index in [-0.39, 0.29) is 41.6 Å². The van der Waals surface area contributed by atoms with Crippen molar-refractivity contribution in [3.8, 4) is 5.75 Å². The van der Waals surface area contributed by atoms with Crippen LogP contribution in [0.3, 0.4) is 0 Å². The van der Waals surface area contributed by atoms with E-state index in [2.05, 4.69) is 5.32 Å². The molecule has 1 aliphatic carbocycles. The van der Waals surface area contributed by atoms with Crippen LogP contribution in [-0.2, 0) is 14.3 Å². The molecule has 1 N–H and O–H groups in total. The molecule has 1 saturated carbocycles. The summed E-state index contributed by atoms with van der Waals surface area (Å²) in [5.41, 5.74) is -0.220. The molecule has 4 rings (SSSR count). The lowest BCUT2D eigenvalue weighted by atomic mass is 9.71. The number of carbonyl (C=O) groups excluding carboxylic acids is 2. The van der Waals surface area contributed by atoms with Gasteiger partial charge in [-0.2, -0.15) is 0 Å². The highest BCUT2D eigenvalue weighted by atomic mass is 19.1. The van der Waals surface area contributed by atoms with Crippen LogP contribution < -0.4 is 10.1 Å². The molecule has 2 heterocycles. The minimum Gasteiger partial charge on any atom is -0.484 e. The van der Waals surface area contributed by atoms with E-state index in [1.165, 1.54) is 43.5 Å². The van der Waals surface area contributed by atoms with Gasteiger partial charge in [-0.1, -0.05) is 19.3 Å². The standard InChI is InChI=1S/C23H31FN2O4/c24-17-6-8-19(9-7-17)30-15-21(27)26-14-20(23(16-26)10-12-29-13-11-23)22(28)25-18-4-2-1-3-5-18/h6-9,18,20H,1-5,10-16H2,(H,25,28). The summed E-state index contributed by atoms with van der Waals surface area (Å²) >= 11 is 0. The summed E-state index contributed by atoms with van der Waals surface area (Å²) < 4.78 is 24.1. The first-order valence-corrected chi connectivity index (χ1v) is 11.1. The lowest BCUT2D eigenvalue weighted by Crippen LogP contribution is -2.47. The fourth-order valence-corrected chi connectivity index (χ4v) is 5.12. The van der Waals surface area contributed by atoms with Crippen LogP contribution in [0.4, 0.5) is 4.39 Å². The lowest BCUT2D eigenvalue weighted by Gasteiger charge is -2.37. The molecule has 0 bridgehead atoms. The van der Waals surface area contributed by atoms with Gasteiger partial charge in [-0.25, -0.2) is 4.39 Å². The Morgan fingerprint density at radius 2 is 1.83 bits per heavy atom. The normalized spacial score (nSPS) is 24.0. The zero-order chi connectivity index (χ0) is 21.0. The molecule has 2 aliphatic heterocycles. The van der Waals surface area contributed by atoms with Gasteiger partial charge in [0.2, 0.25) is 5.91 Å². The van der Waals surface area contributed by atoms with Crippen LogP contribution in [0, 0.1) is 17.2 Å². The summed E-state index contributed by atoms with van der Waals surface area (Å²) in [6.07, 6.45) is 7.25. The van der Waals surface area contributed by atoms with Crippen LogP contribution in [0.1, 0.15) is 44.9 Å². The Bertz CT molecular complexity index is 742. The van der Waals surface area contributed by atoms with Crippen LogP contribution in [0.25, 0.3) is 0 Å². The van der Waals surface area contributed by atoms with Gasteiger partial charge in [-0.3, -0.25) is 9.59 Å². The summed E-state index contributed by atoms with van der Waals surface area (Å²) in [5, 5.41) is 3.27. The van der Waals surface area contributed by atoms with Gasteiger partial charge in [0, 0.05) is 37.8 Å². The van der Waals surface area contributed by atoms with Crippen molar-refractivity contribution in [1.82, 2.24) is 10.2 Å². The first-order valence-electron chi connectivity index (χ1n) is 11.1. The van der Waals surface area contributed by atoms with E-state index in [0.717, 1.165) is 25.7 Å². The predicted molar refractivity (Wildman–Crippen MR) is 109 cm³/mol. The zero-order valence-electron chi connectivity index (χ0n) is 17.4. The maximum absolute atomic E-state index is 13.2. The highest BCUT2D eigenvalue weighted by Gasteiger charge is 2.51. The number of hydrogen-bond acceptors (Lipinski definition) is 4. The molecule has 2 saturated heterocycles. The van der Waals surface area contributed by atoms with Crippen LogP contribution in [0.15, 0.2) is 24.3 Å². The van der Waals surface area contributed by atoms with Crippen LogP contribution in [0.5, 0.6) is 5.75 Å². The van der Waals surface area contributed by atoms with Crippen molar-refractivity contribution in [3.63, 3.8) is 0 Å². The number of halogens is 1. The number of rotatable bonds is 5. The quantitative estimate of drug-likeness (QED) is 0.799. The van der Waals surface area contributed by atoms with Gasteiger partial charge in [-0.05, 0) is 49.9 Å². The molecule has 3 aliphatic rings. The second kappa shape index (κ2) is 9.33. The molecule has 1 unspecified atom stereocenters. The number of hydrogen-bond donors (Lipinski definition) is 1. The van der Waals surface area contributed by atoms with Gasteiger partial charge in [0.1, 0.15) is 11.6 Å². The summed E-state index contributed by atoms with van der Waals surface area (Å²) in [4.78, 5) is 27.8. The Labute approximate surface area is 177 Å². The van der Waals surface area contributed by atoms with Crippen molar-refractivity contribution in [2.45, 2.75) is 51.0 Å². The van der Waals surface area contributed by atoms with Crippen molar-refractivity contribution >= 4 is 11.8 Å². The third kappa shape index (κ3) is 4.77. The number of likely N-dealkylation sites (tertiary alicyclic amines) is 1. The number of benzene rings is 1. The highest BCUT2D eigenvalue weighted by molar-refractivity contribution is 5.84. The van der Waals surface area contributed by atoms with E-state index in [1.54, 1.807) is 4.90 Å². The summed E-state index contributed by atoms with van der Waals surface area (Å²) in [6, 6.07) is 5.88. The highest BCUT2D eigenvalue weighted by Crippen LogP contribution is 2.44. The van der Waals surface area contributed by atoms with E-state index in [0.29, 0.717) is 32.1 Å². The largest absolute Gasteiger partial charge is 0.484 e. The number of carbonyl (C=O) groups is 2. The van der Waals surface area contributed by atoms with Gasteiger partial charge in [-0.15, -0.1) is 0 Å². The molecule has 30 heavy (non-hydrogen) atoms. The topological polar surface area (TPSA) is 67.9 Å². The molecular weight excluding hydrogens is 387 g/mol. The molecule has 1 aromatic rings. The minimum absolute atomic E-state index is 0.0820. The van der Waals surface area contributed by atoms with E-state index >= 15 is 0 Å². The van der Waals surface area contributed by atoms with Crippen molar-refractivity contribution in [2.24, 2.45) is 11.3 Å². The predicted octanol–water partition coefficient (Wildman–Crippen LogP) is 2.91. The average Bonchev–Trinajstić information content (AvgIpc) is 3.13. The molecule has 7 heteroatoms. The molecule has 0 radical (unpaired) electrons. The third-order valence-corrected chi connectivity index (χ3v) is 6.93. The molecule has 3 fully saturated rings. The third-order valence-electron chi connectivity index (χ3n) is 6.93. The van der Waals surface area contributed by atoms with Crippen molar-refractivity contribution in [1.29, 1.82) is 0 Å². The van der Waals surface area contributed by atoms with Gasteiger partial charge in [0.25, 0.3) is 5.91 Å². The molecule has 1 aromatic carbocycles. The first kappa shape index (κ1) is 21.1. The zero-order valence-corrected chi connectivity index (χ0v) is 17.4. The molecule has 6 nitrogen and oxygen atoms in total. The summed E-state index contributed by atoms with van der Waals surface area (Å²) in [5.74, 6) is -0.160. The Morgan fingerprint density at radius 3 is 2.53 bits per heavy atom. The van der Waals surface area contributed by atoms with Gasteiger partial charge < -0.3 is 19.7 Å². The van der Waals surface area contributed by atoms with Crippen molar-refractivity contribution < 1.29 is 23.5 Å². The van der Waals surface area contributed by atoms with E-state index in [9.17, 15) is 14.0 Å². The van der Waals surface area contributed by atoms with Crippen LogP contribution in [-0.4, -0.2) is 55.7 Å². The molecule has 1 atom stereocenters. The maximum atomic E-state index is 13.2. The molecule has 164 valence electrons. The Morgan fingerprint density at radius 1 is 1.13 bits per heavy atom. The monoisotopic (exact) mass is 418 g/mol. The number of nitrogens with zero attached hydrogens (tertiary/aromatic N) is 1. The fraction of sp³-hybridized carbons (Fsp3) is 0.652. The second-order valence-electron chi connectivity index (χ2n) is 8.89. The summed E-state index contributed by atoms with van der Waals surface area (Å²) in [6.45, 7) is 2.12. The number of amides is 2. The number of nitrogens with one attached hydrogen (secondary N) is 1. The fourth-order valence-electron chi connectivity index (χ4n) is 5.12. The van der Waals surface area contributed by atoms with Crippen LogP contribution in [0.2, 0.25) is 0 Å². The minimum atomic E-state index is -0.346.